The minimum Gasteiger partial charge on any atom is -0.480 e. The molecule has 1 heterocycles. The molecule has 1 fully saturated rings. The summed E-state index contributed by atoms with van der Waals surface area (Å²) in [5.74, 6) is -1.24. The van der Waals surface area contributed by atoms with Crippen LogP contribution < -0.4 is 0 Å². The fourth-order valence-electron chi connectivity index (χ4n) is 1.78. The second-order valence-electron chi connectivity index (χ2n) is 3.80. The first-order valence-corrected chi connectivity index (χ1v) is 6.00. The standard InChI is InChI=1S/C9H14N2O4S/c1-6(5-16-10-15)8(12)11-4-2-3-7(11)9(13)14/h6-7H,2-5H2,1H3,(H,13,14)/t6-,7+/m1/s1. The highest BCUT2D eigenvalue weighted by Crippen LogP contribution is 2.21. The largest absolute Gasteiger partial charge is 0.480 e. The van der Waals surface area contributed by atoms with Crippen LogP contribution in [0.15, 0.2) is 4.58 Å². The van der Waals surface area contributed by atoms with Gasteiger partial charge in [-0.2, -0.15) is 0 Å². The highest BCUT2D eigenvalue weighted by Gasteiger charge is 2.35. The zero-order chi connectivity index (χ0) is 12.1. The number of hydrogen-bond acceptors (Lipinski definition) is 5. The average Bonchev–Trinajstić information content (AvgIpc) is 2.73. The Morgan fingerprint density at radius 3 is 2.88 bits per heavy atom. The first-order chi connectivity index (χ1) is 7.57. The Balaban J connectivity index is 2.58. The van der Waals surface area contributed by atoms with E-state index in [9.17, 15) is 14.5 Å². The van der Waals surface area contributed by atoms with Crippen LogP contribution in [0.25, 0.3) is 0 Å². The highest BCUT2D eigenvalue weighted by atomic mass is 32.2. The zero-order valence-electron chi connectivity index (χ0n) is 8.96. The van der Waals surface area contributed by atoms with E-state index in [4.69, 9.17) is 5.11 Å². The molecule has 0 spiro atoms. The number of carbonyl (C=O) groups excluding carboxylic acids is 1. The van der Waals surface area contributed by atoms with Crippen molar-refractivity contribution in [3.8, 4) is 0 Å². The van der Waals surface area contributed by atoms with E-state index in [1.54, 1.807) is 6.92 Å². The van der Waals surface area contributed by atoms with Crippen LogP contribution >= 0.6 is 11.9 Å². The van der Waals surface area contributed by atoms with Gasteiger partial charge in [0, 0.05) is 34.7 Å². The molecule has 0 radical (unpaired) electrons. The maximum atomic E-state index is 11.9. The van der Waals surface area contributed by atoms with Gasteiger partial charge in [0.1, 0.15) is 6.04 Å². The third-order valence-electron chi connectivity index (χ3n) is 2.62. The van der Waals surface area contributed by atoms with Crippen LogP contribution in [-0.2, 0) is 9.59 Å². The zero-order valence-corrected chi connectivity index (χ0v) is 9.77. The van der Waals surface area contributed by atoms with E-state index >= 15 is 0 Å². The lowest BCUT2D eigenvalue weighted by atomic mass is 10.1. The first kappa shape index (κ1) is 13.0. The molecule has 0 aliphatic carbocycles. The van der Waals surface area contributed by atoms with Gasteiger partial charge < -0.3 is 10.0 Å². The van der Waals surface area contributed by atoms with Crippen molar-refractivity contribution in [1.29, 1.82) is 0 Å². The van der Waals surface area contributed by atoms with E-state index in [0.29, 0.717) is 25.1 Å². The number of nitroso groups, excluding NO2 is 1. The van der Waals surface area contributed by atoms with Crippen molar-refractivity contribution in [2.75, 3.05) is 12.3 Å². The minimum absolute atomic E-state index is 0.207. The third-order valence-corrected chi connectivity index (χ3v) is 3.37. The van der Waals surface area contributed by atoms with Gasteiger partial charge >= 0.3 is 5.97 Å². The van der Waals surface area contributed by atoms with Gasteiger partial charge in [-0.1, -0.05) is 6.92 Å². The molecular formula is C9H14N2O4S. The SMILES string of the molecule is C[C@H](CSN=O)C(=O)N1CCC[C@H]1C(=O)O. The summed E-state index contributed by atoms with van der Waals surface area (Å²) in [6, 6.07) is -0.704. The maximum absolute atomic E-state index is 11.9. The second kappa shape index (κ2) is 5.83. The van der Waals surface area contributed by atoms with E-state index < -0.39 is 12.0 Å². The molecule has 1 N–H and O–H groups in total. The fourth-order valence-corrected chi connectivity index (χ4v) is 2.21. The smallest absolute Gasteiger partial charge is 0.326 e. The first-order valence-electron chi connectivity index (χ1n) is 5.05. The summed E-state index contributed by atoms with van der Waals surface area (Å²) in [4.78, 5) is 34.1. The number of carboxylic acids is 1. The summed E-state index contributed by atoms with van der Waals surface area (Å²) < 4.78 is 2.62. The lowest BCUT2D eigenvalue weighted by Gasteiger charge is -2.24. The number of carbonyl (C=O) groups is 2. The van der Waals surface area contributed by atoms with E-state index in [0.717, 1.165) is 11.9 Å². The topological polar surface area (TPSA) is 87.0 Å². The van der Waals surface area contributed by atoms with Crippen molar-refractivity contribution in [2.45, 2.75) is 25.8 Å². The Hall–Kier alpha value is -1.11. The molecule has 0 aromatic carbocycles. The molecule has 0 unspecified atom stereocenters. The van der Waals surface area contributed by atoms with Crippen molar-refractivity contribution in [2.24, 2.45) is 10.5 Å². The number of rotatable bonds is 5. The van der Waals surface area contributed by atoms with Gasteiger partial charge in [0.15, 0.2) is 0 Å². The van der Waals surface area contributed by atoms with E-state index in [2.05, 4.69) is 4.58 Å². The molecule has 0 aromatic rings. The molecule has 16 heavy (non-hydrogen) atoms. The monoisotopic (exact) mass is 246 g/mol. The van der Waals surface area contributed by atoms with Crippen LogP contribution in [0.5, 0.6) is 0 Å². The summed E-state index contributed by atoms with van der Waals surface area (Å²) in [6.07, 6.45) is 1.22. The lowest BCUT2D eigenvalue weighted by Crippen LogP contribution is -2.43. The van der Waals surface area contributed by atoms with Crippen molar-refractivity contribution in [3.63, 3.8) is 0 Å². The van der Waals surface area contributed by atoms with Gasteiger partial charge in [0.2, 0.25) is 5.91 Å². The molecule has 90 valence electrons. The Kier molecular flexibility index (Phi) is 4.72. The van der Waals surface area contributed by atoms with E-state index in [-0.39, 0.29) is 11.8 Å². The molecule has 2 atom stereocenters. The van der Waals surface area contributed by atoms with Crippen LogP contribution in [0, 0.1) is 10.8 Å². The van der Waals surface area contributed by atoms with Gasteiger partial charge in [-0.05, 0) is 12.8 Å². The number of hydrogen-bond donors (Lipinski definition) is 1. The second-order valence-corrected chi connectivity index (χ2v) is 4.54. The number of carboxylic acid groups (broad SMARTS) is 1. The summed E-state index contributed by atoms with van der Waals surface area (Å²) in [6.45, 7) is 2.16. The summed E-state index contributed by atoms with van der Waals surface area (Å²) in [5.41, 5.74) is 0. The van der Waals surface area contributed by atoms with Crippen molar-refractivity contribution in [1.82, 2.24) is 4.90 Å². The molecule has 0 saturated carbocycles. The van der Waals surface area contributed by atoms with Crippen LogP contribution in [0.1, 0.15) is 19.8 Å². The van der Waals surface area contributed by atoms with Crippen molar-refractivity contribution in [3.05, 3.63) is 4.91 Å². The van der Waals surface area contributed by atoms with Crippen LogP contribution in [0.4, 0.5) is 0 Å². The Morgan fingerprint density at radius 1 is 1.62 bits per heavy atom. The number of nitrogens with zero attached hydrogens (tertiary/aromatic N) is 2. The Morgan fingerprint density at radius 2 is 2.31 bits per heavy atom. The van der Waals surface area contributed by atoms with Crippen molar-refractivity contribution < 1.29 is 14.7 Å². The number of amides is 1. The van der Waals surface area contributed by atoms with Gasteiger partial charge in [-0.25, -0.2) is 4.79 Å². The third kappa shape index (κ3) is 2.94. The van der Waals surface area contributed by atoms with Gasteiger partial charge in [-0.3, -0.25) is 4.79 Å². The molecule has 7 heteroatoms. The summed E-state index contributed by atoms with van der Waals surface area (Å²) in [7, 11) is 0. The quantitative estimate of drug-likeness (QED) is 0.580. The summed E-state index contributed by atoms with van der Waals surface area (Å²) >= 11 is 0.787. The number of likely N-dealkylation sites (tertiary alicyclic amines) is 1. The van der Waals surface area contributed by atoms with Crippen LogP contribution in [0.2, 0.25) is 0 Å². The summed E-state index contributed by atoms with van der Waals surface area (Å²) in [5, 5.41) is 8.92. The molecule has 1 amide bonds. The molecule has 0 bridgehead atoms. The minimum atomic E-state index is -0.959. The molecule has 0 aromatic heterocycles. The Labute approximate surface area is 97.5 Å². The van der Waals surface area contributed by atoms with Gasteiger partial charge in [-0.15, -0.1) is 4.91 Å². The molecule has 1 aliphatic rings. The molecule has 1 rings (SSSR count). The average molecular weight is 246 g/mol. The molecule has 1 saturated heterocycles. The van der Waals surface area contributed by atoms with E-state index in [1.807, 2.05) is 0 Å². The van der Waals surface area contributed by atoms with Gasteiger partial charge in [0.25, 0.3) is 0 Å². The van der Waals surface area contributed by atoms with Gasteiger partial charge in [0.05, 0.1) is 0 Å². The van der Waals surface area contributed by atoms with E-state index in [1.165, 1.54) is 4.90 Å². The molecular weight excluding hydrogens is 232 g/mol. The fraction of sp³-hybridized carbons (Fsp3) is 0.778. The predicted molar refractivity (Wildman–Crippen MR) is 59.8 cm³/mol. The molecule has 1 aliphatic heterocycles. The maximum Gasteiger partial charge on any atom is 0.326 e. The van der Waals surface area contributed by atoms with Crippen LogP contribution in [-0.4, -0.2) is 40.2 Å². The lowest BCUT2D eigenvalue weighted by molar-refractivity contribution is -0.149. The number of aliphatic carboxylic acids is 1. The predicted octanol–water partition coefficient (Wildman–Crippen LogP) is 1.11. The Bertz CT molecular complexity index is 297. The van der Waals surface area contributed by atoms with Crippen LogP contribution in [0.3, 0.4) is 0 Å². The van der Waals surface area contributed by atoms with Crippen molar-refractivity contribution >= 4 is 23.8 Å². The normalized spacial score (nSPS) is 21.8. The molecule has 6 nitrogen and oxygen atoms in total. The highest BCUT2D eigenvalue weighted by molar-refractivity contribution is 7.97.